The second kappa shape index (κ2) is 29.5. The van der Waals surface area contributed by atoms with Gasteiger partial charge in [0, 0.05) is 170 Å². The zero-order valence-corrected chi connectivity index (χ0v) is 69.3. The van der Waals surface area contributed by atoms with E-state index in [0.29, 0.717) is 45.8 Å². The summed E-state index contributed by atoms with van der Waals surface area (Å²) in [5, 5.41) is 1.38. The first kappa shape index (κ1) is 74.9. The van der Waals surface area contributed by atoms with E-state index in [1.54, 1.807) is 31.1 Å². The molecular weight excluding hydrogens is 1570 g/mol. The highest BCUT2D eigenvalue weighted by atomic mass is 35.5. The van der Waals surface area contributed by atoms with Gasteiger partial charge in [0.2, 0.25) is 0 Å². The minimum absolute atomic E-state index is 0.0815. The van der Waals surface area contributed by atoms with Crippen molar-refractivity contribution in [2.45, 2.75) is 135 Å². The Kier molecular flexibility index (Phi) is 18.1. The molecule has 5 fully saturated rings. The molecule has 2 unspecified atom stereocenters. The van der Waals surface area contributed by atoms with Gasteiger partial charge in [-0.2, -0.15) is 0 Å². The lowest BCUT2D eigenvalue weighted by Crippen LogP contribution is -2.56. The summed E-state index contributed by atoms with van der Waals surface area (Å²) in [4.78, 5) is 101. The number of hydrogen-bond acceptors (Lipinski definition) is 12. The van der Waals surface area contributed by atoms with Crippen molar-refractivity contribution in [3.8, 4) is 55.6 Å². The van der Waals surface area contributed by atoms with Gasteiger partial charge in [-0.3, -0.25) is 53.9 Å². The predicted molar refractivity (Wildman–Crippen MR) is 475 cm³/mol. The van der Waals surface area contributed by atoms with Crippen molar-refractivity contribution in [1.29, 1.82) is 0 Å². The first-order valence-corrected chi connectivity index (χ1v) is 43.0. The first-order chi connectivity index (χ1) is 59.6. The number of hydrogen-bond donors (Lipinski definition) is 0. The number of fused-ring (bicyclic) bond motifs is 18. The zero-order valence-electron chi connectivity index (χ0n) is 67.8. The summed E-state index contributed by atoms with van der Waals surface area (Å²) in [5.41, 5.74) is 29.5. The van der Waals surface area contributed by atoms with Crippen LogP contribution in [-0.4, -0.2) is 151 Å². The maximum atomic E-state index is 13.3. The van der Waals surface area contributed by atoms with Crippen LogP contribution >= 0.6 is 23.2 Å². The van der Waals surface area contributed by atoms with Crippen LogP contribution < -0.4 is 5.56 Å². The number of benzene rings is 4. The minimum atomic E-state index is 0.0815. The lowest BCUT2D eigenvalue weighted by molar-refractivity contribution is 0.0333. The Morgan fingerprint density at radius 3 is 1.20 bits per heavy atom. The summed E-state index contributed by atoms with van der Waals surface area (Å²) in [6.07, 6.45) is 25.2. The van der Waals surface area contributed by atoms with E-state index in [1.807, 2.05) is 164 Å². The molecule has 6 aliphatic heterocycles. The lowest BCUT2D eigenvalue weighted by atomic mass is 9.97. The number of nitrogens with zero attached hydrogens (tertiary/aromatic N) is 16. The number of amides is 4. The number of aryl methyl sites for hydroxylation is 4. The third kappa shape index (κ3) is 12.5. The van der Waals surface area contributed by atoms with E-state index in [1.165, 1.54) is 22.3 Å². The van der Waals surface area contributed by atoms with Crippen LogP contribution in [0.5, 0.6) is 0 Å². The van der Waals surface area contributed by atoms with Crippen molar-refractivity contribution in [2.75, 3.05) is 26.2 Å². The molecule has 24 heteroatoms. The summed E-state index contributed by atoms with van der Waals surface area (Å²) in [6, 6.07) is 53.7. The van der Waals surface area contributed by atoms with Crippen LogP contribution in [0.3, 0.4) is 0 Å². The van der Waals surface area contributed by atoms with Gasteiger partial charge < -0.3 is 51.3 Å². The Bertz CT molecular complexity index is 7120. The molecule has 26 rings (SSSR count). The van der Waals surface area contributed by atoms with E-state index in [-0.39, 0.29) is 29.2 Å². The van der Waals surface area contributed by atoms with Gasteiger partial charge in [-0.15, -0.1) is 0 Å². The zero-order chi connectivity index (χ0) is 82.6. The van der Waals surface area contributed by atoms with Gasteiger partial charge in [0.25, 0.3) is 29.2 Å². The van der Waals surface area contributed by atoms with E-state index >= 15 is 0 Å². The van der Waals surface area contributed by atoms with Crippen molar-refractivity contribution in [3.05, 3.63) is 279 Å². The molecule has 606 valence electrons. The predicted octanol–water partition coefficient (Wildman–Crippen LogP) is 18.8. The highest BCUT2D eigenvalue weighted by Gasteiger charge is 2.45. The van der Waals surface area contributed by atoms with E-state index < -0.39 is 0 Å². The van der Waals surface area contributed by atoms with E-state index in [0.717, 1.165) is 248 Å². The van der Waals surface area contributed by atoms with Crippen LogP contribution in [0.4, 0.5) is 0 Å². The Hall–Kier alpha value is -13.3. The van der Waals surface area contributed by atoms with E-state index in [2.05, 4.69) is 123 Å². The molecule has 0 spiro atoms. The molecule has 4 aromatic carbocycles. The van der Waals surface area contributed by atoms with Crippen LogP contribution in [0.15, 0.2) is 223 Å². The maximum absolute atomic E-state index is 13.3. The Balaban J connectivity index is 0.0000000912. The van der Waals surface area contributed by atoms with Crippen molar-refractivity contribution in [2.24, 2.45) is 0 Å². The average molecular weight is 1650 g/mol. The molecule has 13 aromatic heterocycles. The number of carbonyl (C=O) groups excluding carboxylic acids is 4. The van der Waals surface area contributed by atoms with Crippen LogP contribution in [0, 0.1) is 27.7 Å². The molecule has 19 heterocycles. The van der Waals surface area contributed by atoms with Crippen LogP contribution in [-0.2, 0) is 26.2 Å². The highest BCUT2D eigenvalue weighted by molar-refractivity contribution is 6.31. The quantitative estimate of drug-likeness (QED) is 0.139. The van der Waals surface area contributed by atoms with Crippen LogP contribution in [0.2, 0.25) is 10.0 Å². The Morgan fingerprint density at radius 1 is 0.361 bits per heavy atom. The normalized spacial score (nSPS) is 17.5. The van der Waals surface area contributed by atoms with Gasteiger partial charge in [0.1, 0.15) is 33.8 Å². The van der Waals surface area contributed by atoms with Gasteiger partial charge in [0.05, 0.1) is 73.5 Å². The number of aromatic nitrogens is 12. The second-order valence-corrected chi connectivity index (χ2v) is 34.5. The highest BCUT2D eigenvalue weighted by Crippen LogP contribution is 2.47. The third-order valence-corrected chi connectivity index (χ3v) is 26.5. The van der Waals surface area contributed by atoms with Gasteiger partial charge in [-0.1, -0.05) is 95.0 Å². The molecule has 3 aliphatic carbocycles. The minimum Gasteiger partial charge on any atom is -0.463 e. The summed E-state index contributed by atoms with van der Waals surface area (Å²) in [7, 11) is 0. The van der Waals surface area contributed by atoms with Crippen LogP contribution in [0.25, 0.3) is 127 Å². The van der Waals surface area contributed by atoms with Crippen LogP contribution in [0.1, 0.15) is 122 Å². The Labute approximate surface area is 710 Å². The molecule has 0 radical (unpaired) electrons. The monoisotopic (exact) mass is 1650 g/mol. The van der Waals surface area contributed by atoms with E-state index in [4.69, 9.17) is 27.6 Å². The number of pyridine rings is 6. The molecule has 17 aromatic rings. The summed E-state index contributed by atoms with van der Waals surface area (Å²) in [6.45, 7) is 15.1. The number of rotatable bonds is 8. The van der Waals surface area contributed by atoms with Crippen molar-refractivity contribution >= 4 is 119 Å². The third-order valence-electron chi connectivity index (χ3n) is 26.0. The van der Waals surface area contributed by atoms with Gasteiger partial charge in [0.15, 0.2) is 5.58 Å². The topological polar surface area (TPSA) is 218 Å². The lowest BCUT2D eigenvalue weighted by Gasteiger charge is -2.45. The number of halogens is 2. The van der Waals surface area contributed by atoms with Gasteiger partial charge >= 0.3 is 0 Å². The standard InChI is InChI=1S/C21H21N3O.C21H19N3O.C20H16N4O2.2C18H14ClN3O/c2*1-13-5-8-16(14(2)12-13)18-19-17(4-3-9-22-19)24-11-10-23(15-6-7-15)21(25)20(18)24;25-20-19-17(12-10-16-14(22-11-12)5-9-26-16)18-15(2-1-6-21-18)24(19)8-7-23(20)13-3-4-13;2*19-12-5-3-11(4-6-12)15-16-14(2-1-8-20-16)22-10-13-7-9-21(13)18(23)17(15)22/h3-5,8-9,12,15H,6-7,10-11H2,1-2H3;3-5,8-12,15H,6-7H2,1-2H3;1-2,5-6,9-11,13H,3-4,7-8H2;2*1-6,8,13H,7,9-10H2. The van der Waals surface area contributed by atoms with Gasteiger partial charge in [-0.05, 0) is 203 Å². The molecule has 4 amide bonds. The molecule has 2 atom stereocenters. The molecular formula is C98H84Cl2N16O6. The van der Waals surface area contributed by atoms with Gasteiger partial charge in [-0.25, -0.2) is 0 Å². The Morgan fingerprint density at radius 2 is 0.762 bits per heavy atom. The fraction of sp³-hybridized carbons (Fsp3) is 0.255. The summed E-state index contributed by atoms with van der Waals surface area (Å²) < 4.78 is 18.0. The van der Waals surface area contributed by atoms with Crippen molar-refractivity contribution < 1.29 is 23.6 Å². The SMILES string of the molecule is Cc1ccc(-c2c3n(c4cccnc24)CCN(C2CC2)C3=O)c(C)c1.Cc1ccc(-c2c3ncccc3n3ccn(C4CC4)c(=O)c23)c(C)c1.O=C1c2c(-c3ccc(Cl)cc3)c3ncccc3n2CC2CCN12.O=C1c2c(-c3ccc(Cl)cc3)c3ncccc3n2CC2CCN12.O=C1c2c(-c3cnc4ccoc4c3)c3ncccc3n2CCN1C1CC1. The summed E-state index contributed by atoms with van der Waals surface area (Å²) >= 11 is 12.0. The average Bonchev–Trinajstić information content (AvgIpc) is 1.40. The van der Waals surface area contributed by atoms with Crippen molar-refractivity contribution in [1.82, 2.24) is 76.7 Å². The smallest absolute Gasteiger partial charge is 0.275 e. The molecule has 9 aliphatic rings. The summed E-state index contributed by atoms with van der Waals surface area (Å²) in [5.74, 6) is 0.513. The maximum Gasteiger partial charge on any atom is 0.275 e. The first-order valence-electron chi connectivity index (χ1n) is 42.2. The second-order valence-electron chi connectivity index (χ2n) is 33.6. The van der Waals surface area contributed by atoms with E-state index in [9.17, 15) is 24.0 Å². The fourth-order valence-electron chi connectivity index (χ4n) is 19.5. The largest absolute Gasteiger partial charge is 0.463 e. The molecule has 22 nitrogen and oxygen atoms in total. The fourth-order valence-corrected chi connectivity index (χ4v) is 19.7. The molecule has 0 bridgehead atoms. The number of furan rings is 1. The molecule has 122 heavy (non-hydrogen) atoms. The van der Waals surface area contributed by atoms with Crippen molar-refractivity contribution in [3.63, 3.8) is 0 Å². The molecule has 2 saturated heterocycles. The number of carbonyl (C=O) groups is 4. The molecule has 3 saturated carbocycles. The molecule has 0 N–H and O–H groups in total.